The molecule has 164 valence electrons. The van der Waals surface area contributed by atoms with Gasteiger partial charge >= 0.3 is 142 Å². The predicted octanol–water partition coefficient (Wildman–Crippen LogP) is 6.22. The van der Waals surface area contributed by atoms with E-state index in [1.165, 1.54) is 0 Å². The van der Waals surface area contributed by atoms with E-state index in [0.717, 1.165) is 0 Å². The molecule has 0 saturated heterocycles. The average Bonchev–Trinajstić information content (AvgIpc) is 2.16. The molecule has 0 N–H and O–H groups in total. The summed E-state index contributed by atoms with van der Waals surface area (Å²) >= 11 is -21.5. The topological polar surface area (TPSA) is 0 Å². The summed E-state index contributed by atoms with van der Waals surface area (Å²) in [6, 6.07) is 0. The van der Waals surface area contributed by atoms with Crippen LogP contribution in [-0.2, 0) is 0 Å². The maximum absolute atomic E-state index is 12.6. The number of alkyl halides is 18. The molecule has 27 heavy (non-hydrogen) atoms. The second-order valence-electron chi connectivity index (χ2n) is 4.45. The Kier molecular flexibility index (Phi) is 6.91. The Morgan fingerprint density at radius 3 is 0.481 bits per heavy atom. The Balaban J connectivity index is 7.45. The van der Waals surface area contributed by atoms with Crippen molar-refractivity contribution in [1.29, 1.82) is 0 Å². The van der Waals surface area contributed by atoms with Crippen molar-refractivity contribution in [3.63, 3.8) is 0 Å². The molecule has 0 radical (unpaired) electrons. The molecular formula is C6F18Ge2S. The summed E-state index contributed by atoms with van der Waals surface area (Å²) < 4.78 is 227. The molecule has 0 rings (SSSR count). The Labute approximate surface area is 142 Å². The van der Waals surface area contributed by atoms with E-state index < -0.39 is 62.7 Å². The molecule has 0 unspecified atom stereocenters. The first-order chi connectivity index (χ1) is 11.2. The molecule has 0 nitrogen and oxygen atoms in total. The third-order valence-corrected chi connectivity index (χ3v) is 44.5. The van der Waals surface area contributed by atoms with Gasteiger partial charge in [-0.05, 0) is 0 Å². The van der Waals surface area contributed by atoms with Crippen molar-refractivity contribution in [2.45, 2.75) is 30.1 Å². The molecule has 0 aliphatic rings. The van der Waals surface area contributed by atoms with Gasteiger partial charge in [0.2, 0.25) is 0 Å². The van der Waals surface area contributed by atoms with Gasteiger partial charge < -0.3 is 0 Å². The SMILES string of the molecule is F[C](F)(F)[Ge]([S][Ge]([C](F)(F)F)([C](F)(F)F)[C](F)(F)F)([C](F)(F)F)[C](F)(F)F. The van der Waals surface area contributed by atoms with Crippen molar-refractivity contribution >= 4 is 32.7 Å². The molecule has 0 aliphatic carbocycles. The summed E-state index contributed by atoms with van der Waals surface area (Å²) in [7, 11) is -4.05. The van der Waals surface area contributed by atoms with Gasteiger partial charge in [0.25, 0.3) is 0 Å². The van der Waals surface area contributed by atoms with E-state index >= 15 is 0 Å². The zero-order chi connectivity index (χ0) is 22.7. The first-order valence-corrected chi connectivity index (χ1v) is 17.6. The molecule has 0 saturated carbocycles. The van der Waals surface area contributed by atoms with Crippen molar-refractivity contribution in [2.24, 2.45) is 0 Å². The zero-order valence-corrected chi connectivity index (χ0v) is 16.2. The number of halogens is 18. The molecule has 0 atom stereocenters. The summed E-state index contributed by atoms with van der Waals surface area (Å²) in [5.41, 5.74) is 0. The van der Waals surface area contributed by atoms with Crippen LogP contribution >= 0.6 is 8.41 Å². The van der Waals surface area contributed by atoms with Crippen LogP contribution < -0.4 is 0 Å². The standard InChI is InChI=1S/C6F18Ge2S/c7-1(8,9)25(2(10,11)12,3(13,14)15)27-26(4(16,17)18,5(19,20)21)6(22,23)24. The predicted molar refractivity (Wildman–Crippen MR) is 55.4 cm³/mol. The van der Waals surface area contributed by atoms with Crippen LogP contribution in [0.25, 0.3) is 0 Å². The number of hydrogen-bond acceptors (Lipinski definition) is 1. The first-order valence-electron chi connectivity index (χ1n) is 5.31. The fraction of sp³-hybridized carbons (Fsp3) is 1.00. The van der Waals surface area contributed by atoms with Gasteiger partial charge in [-0.3, -0.25) is 0 Å². The molecule has 0 amide bonds. The van der Waals surface area contributed by atoms with E-state index in [1.807, 2.05) is 0 Å². The second kappa shape index (κ2) is 6.86. The van der Waals surface area contributed by atoms with Crippen LogP contribution in [-0.4, -0.2) is 54.3 Å². The molecule has 0 aliphatic heterocycles. The minimum absolute atomic E-state index is 4.05. The monoisotopic (exact) mass is 594 g/mol. The van der Waals surface area contributed by atoms with E-state index in [4.69, 9.17) is 0 Å². The van der Waals surface area contributed by atoms with Gasteiger partial charge in [0.15, 0.2) is 0 Å². The quantitative estimate of drug-likeness (QED) is 0.272. The summed E-state index contributed by atoms with van der Waals surface area (Å²) in [5.74, 6) is 0. The maximum atomic E-state index is 12.6. The first kappa shape index (κ1) is 27.2. The molecule has 0 bridgehead atoms. The zero-order valence-electron chi connectivity index (χ0n) is 11.2. The Morgan fingerprint density at radius 2 is 0.407 bits per heavy atom. The molecule has 0 heterocycles. The van der Waals surface area contributed by atoms with Crippen LogP contribution in [0.2, 0.25) is 0 Å². The van der Waals surface area contributed by atoms with Gasteiger partial charge in [0.05, 0.1) is 0 Å². The third kappa shape index (κ3) is 4.22. The van der Waals surface area contributed by atoms with Crippen LogP contribution in [0.1, 0.15) is 0 Å². The summed E-state index contributed by atoms with van der Waals surface area (Å²) in [6.45, 7) is 0. The average molecular weight is 591 g/mol. The molecule has 0 spiro atoms. The minimum atomic E-state index is -10.7. The van der Waals surface area contributed by atoms with Gasteiger partial charge in [-0.15, -0.1) is 0 Å². The molecule has 0 aromatic carbocycles. The van der Waals surface area contributed by atoms with Crippen LogP contribution in [0.4, 0.5) is 79.0 Å². The van der Waals surface area contributed by atoms with E-state index in [0.29, 0.717) is 0 Å². The number of hydrogen-bond donors (Lipinski definition) is 0. The van der Waals surface area contributed by atoms with Gasteiger partial charge in [-0.25, -0.2) is 0 Å². The van der Waals surface area contributed by atoms with Gasteiger partial charge in [-0.2, -0.15) is 0 Å². The van der Waals surface area contributed by atoms with Gasteiger partial charge in [-0.1, -0.05) is 0 Å². The Morgan fingerprint density at radius 1 is 0.296 bits per heavy atom. The van der Waals surface area contributed by atoms with Crippen LogP contribution in [0.5, 0.6) is 0 Å². The third-order valence-electron chi connectivity index (χ3n) is 2.70. The van der Waals surface area contributed by atoms with Crippen LogP contribution in [0.15, 0.2) is 0 Å². The summed E-state index contributed by atoms with van der Waals surface area (Å²) in [5, 5.41) is -47.2. The van der Waals surface area contributed by atoms with Crippen LogP contribution in [0.3, 0.4) is 0 Å². The molecule has 0 fully saturated rings. The van der Waals surface area contributed by atoms with E-state index in [-0.39, 0.29) is 0 Å². The molecule has 21 heteroatoms. The van der Waals surface area contributed by atoms with E-state index in [9.17, 15) is 79.0 Å². The van der Waals surface area contributed by atoms with Crippen molar-refractivity contribution in [2.75, 3.05) is 0 Å². The summed E-state index contributed by atoms with van der Waals surface area (Å²) in [6.07, 6.45) is 0. The Hall–Kier alpha value is 0.176. The van der Waals surface area contributed by atoms with Crippen LogP contribution in [0, 0.1) is 0 Å². The fourth-order valence-electron chi connectivity index (χ4n) is 1.54. The molecule has 0 aromatic heterocycles. The van der Waals surface area contributed by atoms with E-state index in [2.05, 4.69) is 0 Å². The second-order valence-corrected chi connectivity index (χ2v) is 31.8. The van der Waals surface area contributed by atoms with Gasteiger partial charge in [0.1, 0.15) is 0 Å². The van der Waals surface area contributed by atoms with Gasteiger partial charge in [0, 0.05) is 0 Å². The number of rotatable bonds is 2. The normalized spacial score (nSPS) is 16.7. The molecule has 0 aromatic rings. The molecular weight excluding hydrogens is 591 g/mol. The van der Waals surface area contributed by atoms with Crippen molar-refractivity contribution in [3.8, 4) is 0 Å². The van der Waals surface area contributed by atoms with Crippen molar-refractivity contribution in [1.82, 2.24) is 0 Å². The summed E-state index contributed by atoms with van der Waals surface area (Å²) in [4.78, 5) is 0. The fourth-order valence-corrected chi connectivity index (χ4v) is 51.7. The van der Waals surface area contributed by atoms with Crippen molar-refractivity contribution in [3.05, 3.63) is 0 Å². The van der Waals surface area contributed by atoms with Crippen molar-refractivity contribution < 1.29 is 79.0 Å². The Bertz CT molecular complexity index is 405. The van der Waals surface area contributed by atoms with E-state index in [1.54, 1.807) is 0 Å².